The normalized spacial score (nSPS) is 11.0. The standard InChI is InChI=1S/C22H30N4O2/c1-4-13-24-21(27)18-11-8-9-17(14-18)15-25-22(23-3)26-16-19-10-6-7-12-20(19)28-5-2/h6-12,14H,4-5,13,15-16H2,1-3H3,(H,24,27)(H2,23,25,26). The van der Waals surface area contributed by atoms with Gasteiger partial charge in [-0.1, -0.05) is 37.3 Å². The lowest BCUT2D eigenvalue weighted by molar-refractivity contribution is 0.0953. The van der Waals surface area contributed by atoms with Gasteiger partial charge in [-0.25, -0.2) is 0 Å². The van der Waals surface area contributed by atoms with Crippen LogP contribution in [0.25, 0.3) is 0 Å². The Hall–Kier alpha value is -3.02. The number of aliphatic imine (C=N–C) groups is 1. The SMILES string of the molecule is CCCNC(=O)c1cccc(CNC(=NC)NCc2ccccc2OCC)c1. The van der Waals surface area contributed by atoms with Gasteiger partial charge in [0.05, 0.1) is 6.61 Å². The van der Waals surface area contributed by atoms with Crippen molar-refractivity contribution in [2.75, 3.05) is 20.2 Å². The minimum atomic E-state index is -0.0428. The lowest BCUT2D eigenvalue weighted by atomic mass is 10.1. The number of hydrogen-bond acceptors (Lipinski definition) is 3. The molecule has 2 aromatic carbocycles. The highest BCUT2D eigenvalue weighted by Gasteiger charge is 2.07. The maximum absolute atomic E-state index is 12.1. The first kappa shape index (κ1) is 21.3. The molecule has 28 heavy (non-hydrogen) atoms. The summed E-state index contributed by atoms with van der Waals surface area (Å²) >= 11 is 0. The van der Waals surface area contributed by atoms with Crippen LogP contribution in [0.15, 0.2) is 53.5 Å². The molecule has 3 N–H and O–H groups in total. The van der Waals surface area contributed by atoms with Gasteiger partial charge in [-0.3, -0.25) is 9.79 Å². The third kappa shape index (κ3) is 6.61. The predicted octanol–water partition coefficient (Wildman–Crippen LogP) is 3.09. The Morgan fingerprint density at radius 2 is 1.79 bits per heavy atom. The maximum atomic E-state index is 12.1. The van der Waals surface area contributed by atoms with E-state index in [1.807, 2.05) is 62.4 Å². The number of carbonyl (C=O) groups excluding carboxylic acids is 1. The molecule has 0 heterocycles. The molecule has 0 saturated carbocycles. The maximum Gasteiger partial charge on any atom is 0.251 e. The summed E-state index contributed by atoms with van der Waals surface area (Å²) in [6, 6.07) is 15.6. The molecule has 0 bridgehead atoms. The van der Waals surface area contributed by atoms with E-state index < -0.39 is 0 Å². The fourth-order valence-corrected chi connectivity index (χ4v) is 2.69. The highest BCUT2D eigenvalue weighted by atomic mass is 16.5. The van der Waals surface area contributed by atoms with Crippen molar-refractivity contribution >= 4 is 11.9 Å². The molecule has 0 unspecified atom stereocenters. The first-order chi connectivity index (χ1) is 13.7. The lowest BCUT2D eigenvalue weighted by Crippen LogP contribution is -2.36. The number of ether oxygens (including phenoxy) is 1. The Bertz CT molecular complexity index is 790. The molecular weight excluding hydrogens is 352 g/mol. The van der Waals surface area contributed by atoms with Gasteiger partial charge >= 0.3 is 0 Å². The fraction of sp³-hybridized carbons (Fsp3) is 0.364. The zero-order chi connectivity index (χ0) is 20.2. The van der Waals surface area contributed by atoms with Crippen LogP contribution in [0.4, 0.5) is 0 Å². The minimum Gasteiger partial charge on any atom is -0.494 e. The number of rotatable bonds is 9. The van der Waals surface area contributed by atoms with Gasteiger partial charge in [0, 0.05) is 37.8 Å². The highest BCUT2D eigenvalue weighted by molar-refractivity contribution is 5.94. The van der Waals surface area contributed by atoms with Crippen molar-refractivity contribution in [3.05, 3.63) is 65.2 Å². The summed E-state index contributed by atoms with van der Waals surface area (Å²) < 4.78 is 5.66. The Morgan fingerprint density at radius 1 is 1.00 bits per heavy atom. The van der Waals surface area contributed by atoms with Gasteiger partial charge in [-0.05, 0) is 37.1 Å². The molecule has 0 radical (unpaired) electrons. The first-order valence-corrected chi connectivity index (χ1v) is 9.70. The molecule has 6 heteroatoms. The first-order valence-electron chi connectivity index (χ1n) is 9.70. The van der Waals surface area contributed by atoms with E-state index in [0.29, 0.717) is 37.8 Å². The van der Waals surface area contributed by atoms with E-state index in [9.17, 15) is 4.79 Å². The second-order valence-electron chi connectivity index (χ2n) is 6.28. The molecule has 2 rings (SSSR count). The van der Waals surface area contributed by atoms with Crippen LogP contribution in [-0.2, 0) is 13.1 Å². The topological polar surface area (TPSA) is 74.8 Å². The van der Waals surface area contributed by atoms with Gasteiger partial charge in [0.25, 0.3) is 5.91 Å². The smallest absolute Gasteiger partial charge is 0.251 e. The van der Waals surface area contributed by atoms with Gasteiger partial charge < -0.3 is 20.7 Å². The van der Waals surface area contributed by atoms with Crippen LogP contribution in [0.3, 0.4) is 0 Å². The molecule has 0 aromatic heterocycles. The number of para-hydroxylation sites is 1. The van der Waals surface area contributed by atoms with Crippen molar-refractivity contribution in [1.82, 2.24) is 16.0 Å². The predicted molar refractivity (Wildman–Crippen MR) is 114 cm³/mol. The monoisotopic (exact) mass is 382 g/mol. The number of amides is 1. The molecule has 0 aliphatic carbocycles. The van der Waals surface area contributed by atoms with Crippen molar-refractivity contribution in [3.63, 3.8) is 0 Å². The van der Waals surface area contributed by atoms with E-state index in [1.165, 1.54) is 0 Å². The van der Waals surface area contributed by atoms with Crippen LogP contribution >= 0.6 is 0 Å². The summed E-state index contributed by atoms with van der Waals surface area (Å²) in [5, 5.41) is 9.48. The zero-order valence-electron chi connectivity index (χ0n) is 16.9. The van der Waals surface area contributed by atoms with Crippen molar-refractivity contribution in [2.24, 2.45) is 4.99 Å². The second-order valence-corrected chi connectivity index (χ2v) is 6.28. The van der Waals surface area contributed by atoms with Crippen LogP contribution in [-0.4, -0.2) is 32.1 Å². The van der Waals surface area contributed by atoms with E-state index in [2.05, 4.69) is 20.9 Å². The van der Waals surface area contributed by atoms with E-state index in [0.717, 1.165) is 23.3 Å². The van der Waals surface area contributed by atoms with Gasteiger partial charge in [0.15, 0.2) is 5.96 Å². The number of nitrogens with one attached hydrogen (secondary N) is 3. The molecule has 0 aliphatic heterocycles. The van der Waals surface area contributed by atoms with Crippen molar-refractivity contribution in [2.45, 2.75) is 33.4 Å². The number of benzene rings is 2. The molecule has 1 amide bonds. The molecule has 150 valence electrons. The Labute approximate surface area is 167 Å². The van der Waals surface area contributed by atoms with Crippen LogP contribution in [0, 0.1) is 0 Å². The molecule has 0 saturated heterocycles. The summed E-state index contributed by atoms with van der Waals surface area (Å²) in [6.07, 6.45) is 0.918. The minimum absolute atomic E-state index is 0.0428. The summed E-state index contributed by atoms with van der Waals surface area (Å²) in [4.78, 5) is 16.4. The molecular formula is C22H30N4O2. The third-order valence-corrected chi connectivity index (χ3v) is 4.13. The van der Waals surface area contributed by atoms with Crippen molar-refractivity contribution in [1.29, 1.82) is 0 Å². The molecule has 0 fully saturated rings. The summed E-state index contributed by atoms with van der Waals surface area (Å²) in [5.74, 6) is 1.52. The van der Waals surface area contributed by atoms with Gasteiger partial charge in [0.1, 0.15) is 5.75 Å². The Kier molecular flexibility index (Phi) is 8.85. The summed E-state index contributed by atoms with van der Waals surface area (Å²) in [7, 11) is 1.73. The summed E-state index contributed by atoms with van der Waals surface area (Å²) in [5.41, 5.74) is 2.75. The van der Waals surface area contributed by atoms with Crippen LogP contribution in [0.2, 0.25) is 0 Å². The Balaban J connectivity index is 1.91. The number of hydrogen-bond donors (Lipinski definition) is 3. The number of nitrogens with zero attached hydrogens (tertiary/aromatic N) is 1. The quantitative estimate of drug-likeness (QED) is 0.460. The average molecular weight is 383 g/mol. The average Bonchev–Trinajstić information content (AvgIpc) is 2.73. The van der Waals surface area contributed by atoms with Crippen LogP contribution in [0.1, 0.15) is 41.8 Å². The number of carbonyl (C=O) groups is 1. The Morgan fingerprint density at radius 3 is 2.54 bits per heavy atom. The molecule has 6 nitrogen and oxygen atoms in total. The van der Waals surface area contributed by atoms with Crippen LogP contribution < -0.4 is 20.7 Å². The lowest BCUT2D eigenvalue weighted by Gasteiger charge is -2.14. The van der Waals surface area contributed by atoms with Gasteiger partial charge in [0.2, 0.25) is 0 Å². The van der Waals surface area contributed by atoms with E-state index in [-0.39, 0.29) is 5.91 Å². The second kappa shape index (κ2) is 11.6. The largest absolute Gasteiger partial charge is 0.494 e. The van der Waals surface area contributed by atoms with Gasteiger partial charge in [-0.15, -0.1) is 0 Å². The fourth-order valence-electron chi connectivity index (χ4n) is 2.69. The molecule has 2 aromatic rings. The molecule has 0 aliphatic rings. The summed E-state index contributed by atoms with van der Waals surface area (Å²) in [6.45, 7) is 6.50. The molecule has 0 atom stereocenters. The van der Waals surface area contributed by atoms with Crippen molar-refractivity contribution < 1.29 is 9.53 Å². The van der Waals surface area contributed by atoms with Crippen LogP contribution in [0.5, 0.6) is 5.75 Å². The van der Waals surface area contributed by atoms with E-state index in [1.54, 1.807) is 7.05 Å². The molecule has 0 spiro atoms. The van der Waals surface area contributed by atoms with Crippen molar-refractivity contribution in [3.8, 4) is 5.75 Å². The number of guanidine groups is 1. The third-order valence-electron chi connectivity index (χ3n) is 4.13. The van der Waals surface area contributed by atoms with Gasteiger partial charge in [-0.2, -0.15) is 0 Å². The van der Waals surface area contributed by atoms with E-state index in [4.69, 9.17) is 4.74 Å². The van der Waals surface area contributed by atoms with E-state index >= 15 is 0 Å². The zero-order valence-corrected chi connectivity index (χ0v) is 16.9. The highest BCUT2D eigenvalue weighted by Crippen LogP contribution is 2.17.